The summed E-state index contributed by atoms with van der Waals surface area (Å²) < 4.78 is 6.34. The zero-order chi connectivity index (χ0) is 12.1. The largest absolute Gasteiger partial charge is 0.375 e. The molecule has 0 aromatic carbocycles. The zero-order valence-corrected chi connectivity index (χ0v) is 11.6. The van der Waals surface area contributed by atoms with E-state index in [4.69, 9.17) is 4.74 Å². The Balaban J connectivity index is 1.74. The van der Waals surface area contributed by atoms with Crippen molar-refractivity contribution in [2.75, 3.05) is 6.54 Å². The van der Waals surface area contributed by atoms with Gasteiger partial charge in [0, 0.05) is 6.04 Å². The molecule has 0 aliphatic heterocycles. The number of hydrogen-bond donors (Lipinski definition) is 1. The average Bonchev–Trinajstić information content (AvgIpc) is 2.30. The molecule has 100 valence electrons. The van der Waals surface area contributed by atoms with Crippen molar-refractivity contribution in [2.45, 2.75) is 83.5 Å². The van der Waals surface area contributed by atoms with Gasteiger partial charge in [-0.15, -0.1) is 0 Å². The third-order valence-corrected chi connectivity index (χ3v) is 4.39. The number of nitrogens with one attached hydrogen (secondary N) is 1. The maximum Gasteiger partial charge on any atom is 0.0593 e. The van der Waals surface area contributed by atoms with Gasteiger partial charge in [0.25, 0.3) is 0 Å². The Kier molecular flexibility index (Phi) is 5.30. The first kappa shape index (κ1) is 13.4. The van der Waals surface area contributed by atoms with Crippen molar-refractivity contribution in [3.63, 3.8) is 0 Å². The molecule has 0 saturated heterocycles. The fourth-order valence-corrected chi connectivity index (χ4v) is 3.52. The Bertz CT molecular complexity index is 217. The quantitative estimate of drug-likeness (QED) is 0.810. The summed E-state index contributed by atoms with van der Waals surface area (Å²) in [7, 11) is 0. The SMILES string of the molecule is CCNC1CCCC(OC2CCCC(C)C2)C1. The Morgan fingerprint density at radius 3 is 2.41 bits per heavy atom. The van der Waals surface area contributed by atoms with Gasteiger partial charge in [-0.2, -0.15) is 0 Å². The van der Waals surface area contributed by atoms with Crippen molar-refractivity contribution in [1.82, 2.24) is 5.32 Å². The molecule has 2 aliphatic carbocycles. The fraction of sp³-hybridized carbons (Fsp3) is 1.00. The summed E-state index contributed by atoms with van der Waals surface area (Å²) >= 11 is 0. The van der Waals surface area contributed by atoms with E-state index in [9.17, 15) is 0 Å². The van der Waals surface area contributed by atoms with Gasteiger partial charge in [0.15, 0.2) is 0 Å². The molecule has 0 amide bonds. The summed E-state index contributed by atoms with van der Waals surface area (Å²) in [4.78, 5) is 0. The molecule has 4 unspecified atom stereocenters. The monoisotopic (exact) mass is 239 g/mol. The predicted octanol–water partition coefficient (Wildman–Crippen LogP) is 3.50. The first-order chi connectivity index (χ1) is 8.28. The molecule has 2 rings (SSSR count). The van der Waals surface area contributed by atoms with Crippen molar-refractivity contribution in [2.24, 2.45) is 5.92 Å². The summed E-state index contributed by atoms with van der Waals surface area (Å²) in [6.45, 7) is 5.67. The number of ether oxygens (including phenoxy) is 1. The topological polar surface area (TPSA) is 21.3 Å². The standard InChI is InChI=1S/C15H29NO/c1-3-16-13-7-5-9-15(11-13)17-14-8-4-6-12(2)10-14/h12-16H,3-11H2,1-2H3. The van der Waals surface area contributed by atoms with E-state index in [0.29, 0.717) is 18.2 Å². The molecule has 17 heavy (non-hydrogen) atoms. The lowest BCUT2D eigenvalue weighted by atomic mass is 9.87. The van der Waals surface area contributed by atoms with Crippen LogP contribution in [0.3, 0.4) is 0 Å². The molecule has 0 heterocycles. The second-order valence-corrected chi connectivity index (χ2v) is 6.07. The van der Waals surface area contributed by atoms with Crippen LogP contribution in [-0.2, 0) is 4.74 Å². The van der Waals surface area contributed by atoms with Crippen molar-refractivity contribution in [3.05, 3.63) is 0 Å². The third kappa shape index (κ3) is 4.26. The fourth-order valence-electron chi connectivity index (χ4n) is 3.52. The molecule has 1 N–H and O–H groups in total. The molecule has 2 fully saturated rings. The van der Waals surface area contributed by atoms with Crippen LogP contribution in [0.15, 0.2) is 0 Å². The first-order valence-corrected chi connectivity index (χ1v) is 7.66. The minimum Gasteiger partial charge on any atom is -0.375 e. The maximum atomic E-state index is 6.34. The van der Waals surface area contributed by atoms with Gasteiger partial charge in [0.1, 0.15) is 0 Å². The Hall–Kier alpha value is -0.0800. The predicted molar refractivity (Wildman–Crippen MR) is 72.2 cm³/mol. The summed E-state index contributed by atoms with van der Waals surface area (Å²) in [5.74, 6) is 0.877. The molecule has 4 atom stereocenters. The maximum absolute atomic E-state index is 6.34. The molecule has 0 spiro atoms. The lowest BCUT2D eigenvalue weighted by Gasteiger charge is -2.35. The Morgan fingerprint density at radius 2 is 1.71 bits per heavy atom. The van der Waals surface area contributed by atoms with Gasteiger partial charge in [-0.25, -0.2) is 0 Å². The van der Waals surface area contributed by atoms with Crippen molar-refractivity contribution in [1.29, 1.82) is 0 Å². The van der Waals surface area contributed by atoms with Gasteiger partial charge in [-0.3, -0.25) is 0 Å². The van der Waals surface area contributed by atoms with Crippen LogP contribution in [0.25, 0.3) is 0 Å². The van der Waals surface area contributed by atoms with E-state index >= 15 is 0 Å². The normalized spacial score (nSPS) is 39.2. The van der Waals surface area contributed by atoms with E-state index in [1.54, 1.807) is 0 Å². The summed E-state index contributed by atoms with van der Waals surface area (Å²) in [6.07, 6.45) is 11.7. The summed E-state index contributed by atoms with van der Waals surface area (Å²) in [6, 6.07) is 0.708. The van der Waals surface area contributed by atoms with Crippen LogP contribution < -0.4 is 5.32 Å². The van der Waals surface area contributed by atoms with Crippen molar-refractivity contribution in [3.8, 4) is 0 Å². The highest BCUT2D eigenvalue weighted by Crippen LogP contribution is 2.30. The Morgan fingerprint density at radius 1 is 1.00 bits per heavy atom. The minimum absolute atomic E-state index is 0.531. The second kappa shape index (κ2) is 6.75. The van der Waals surface area contributed by atoms with Crippen LogP contribution in [0, 0.1) is 5.92 Å². The number of hydrogen-bond acceptors (Lipinski definition) is 2. The van der Waals surface area contributed by atoms with Crippen LogP contribution in [0.5, 0.6) is 0 Å². The van der Waals surface area contributed by atoms with Crippen LogP contribution in [0.2, 0.25) is 0 Å². The zero-order valence-electron chi connectivity index (χ0n) is 11.6. The number of rotatable bonds is 4. The van der Waals surface area contributed by atoms with Gasteiger partial charge in [-0.1, -0.05) is 26.7 Å². The van der Waals surface area contributed by atoms with Crippen LogP contribution in [-0.4, -0.2) is 24.8 Å². The van der Waals surface area contributed by atoms with Gasteiger partial charge >= 0.3 is 0 Å². The van der Waals surface area contributed by atoms with Gasteiger partial charge in [0.05, 0.1) is 12.2 Å². The summed E-state index contributed by atoms with van der Waals surface area (Å²) in [5.41, 5.74) is 0. The molecule has 0 aromatic heterocycles. The van der Waals surface area contributed by atoms with Gasteiger partial charge < -0.3 is 10.1 Å². The molecule has 2 heteroatoms. The van der Waals surface area contributed by atoms with E-state index in [2.05, 4.69) is 19.2 Å². The second-order valence-electron chi connectivity index (χ2n) is 6.07. The highest BCUT2D eigenvalue weighted by molar-refractivity contribution is 4.80. The first-order valence-electron chi connectivity index (χ1n) is 7.66. The lowest BCUT2D eigenvalue weighted by molar-refractivity contribution is -0.0573. The molecule has 2 saturated carbocycles. The molecule has 0 aromatic rings. The van der Waals surface area contributed by atoms with Crippen LogP contribution in [0.1, 0.15) is 65.2 Å². The van der Waals surface area contributed by atoms with Crippen molar-refractivity contribution >= 4 is 0 Å². The smallest absolute Gasteiger partial charge is 0.0593 e. The third-order valence-electron chi connectivity index (χ3n) is 4.39. The van der Waals surface area contributed by atoms with Gasteiger partial charge in [0.2, 0.25) is 0 Å². The highest BCUT2D eigenvalue weighted by Gasteiger charge is 2.26. The van der Waals surface area contributed by atoms with Gasteiger partial charge in [-0.05, 0) is 51.0 Å². The molecule has 2 aliphatic rings. The summed E-state index contributed by atoms with van der Waals surface area (Å²) in [5, 5.41) is 3.58. The van der Waals surface area contributed by atoms with Crippen molar-refractivity contribution < 1.29 is 4.74 Å². The molecule has 2 nitrogen and oxygen atoms in total. The van der Waals surface area contributed by atoms with E-state index in [1.165, 1.54) is 51.4 Å². The average molecular weight is 239 g/mol. The van der Waals surface area contributed by atoms with E-state index in [0.717, 1.165) is 12.5 Å². The Labute approximate surface area is 107 Å². The van der Waals surface area contributed by atoms with E-state index in [1.807, 2.05) is 0 Å². The van der Waals surface area contributed by atoms with E-state index in [-0.39, 0.29) is 0 Å². The molecular formula is C15H29NO. The van der Waals surface area contributed by atoms with Crippen LogP contribution >= 0.6 is 0 Å². The van der Waals surface area contributed by atoms with Crippen LogP contribution in [0.4, 0.5) is 0 Å². The lowest BCUT2D eigenvalue weighted by Crippen LogP contribution is -2.38. The molecule has 0 radical (unpaired) electrons. The highest BCUT2D eigenvalue weighted by atomic mass is 16.5. The minimum atomic E-state index is 0.531. The molecular weight excluding hydrogens is 210 g/mol. The molecule has 0 bridgehead atoms. The van der Waals surface area contributed by atoms with E-state index < -0.39 is 0 Å².